The molecule has 2 heterocycles. The number of halogens is 1. The minimum Gasteiger partial charge on any atom is -0.295 e. The third-order valence-corrected chi connectivity index (χ3v) is 7.53. The second-order valence-corrected chi connectivity index (χ2v) is 9.73. The fourth-order valence-corrected chi connectivity index (χ4v) is 5.70. The van der Waals surface area contributed by atoms with Crippen molar-refractivity contribution in [1.82, 2.24) is 10.4 Å². The number of benzene rings is 3. The molecule has 0 radical (unpaired) electrons. The van der Waals surface area contributed by atoms with Gasteiger partial charge in [0.1, 0.15) is 11.9 Å². The van der Waals surface area contributed by atoms with Crippen LogP contribution < -0.4 is 10.4 Å². The zero-order chi connectivity index (χ0) is 23.8. The number of thiazole rings is 1. The van der Waals surface area contributed by atoms with Gasteiger partial charge in [0.05, 0.1) is 17.1 Å². The molecule has 5 nitrogen and oxygen atoms in total. The van der Waals surface area contributed by atoms with Crippen LogP contribution in [0.5, 0.6) is 0 Å². The summed E-state index contributed by atoms with van der Waals surface area (Å²) in [6.45, 7) is 1.95. The van der Waals surface area contributed by atoms with Crippen molar-refractivity contribution in [2.75, 3.05) is 5.01 Å². The van der Waals surface area contributed by atoms with Crippen molar-refractivity contribution >= 4 is 32.9 Å². The lowest BCUT2D eigenvalue weighted by Gasteiger charge is -2.27. The Morgan fingerprint density at radius 3 is 2.54 bits per heavy atom. The molecule has 35 heavy (non-hydrogen) atoms. The summed E-state index contributed by atoms with van der Waals surface area (Å²) >= 11 is 1.50. The van der Waals surface area contributed by atoms with Crippen molar-refractivity contribution < 1.29 is 4.39 Å². The van der Waals surface area contributed by atoms with Gasteiger partial charge in [-0.2, -0.15) is 0 Å². The van der Waals surface area contributed by atoms with Gasteiger partial charge in [-0.05, 0) is 67.2 Å². The Balaban J connectivity index is 1.41. The summed E-state index contributed by atoms with van der Waals surface area (Å²) in [6.07, 6.45) is 3.07. The van der Waals surface area contributed by atoms with Gasteiger partial charge in [0.25, 0.3) is 0 Å². The molecule has 0 spiro atoms. The fraction of sp³-hybridized carbons (Fsp3) is 0.179. The van der Waals surface area contributed by atoms with Crippen molar-refractivity contribution in [3.05, 3.63) is 113 Å². The third kappa shape index (κ3) is 4.12. The Bertz CT molecular complexity index is 1430. The molecule has 1 aliphatic carbocycles. The Hall–Kier alpha value is -3.84. The predicted octanol–water partition coefficient (Wildman–Crippen LogP) is 7.82. The van der Waals surface area contributed by atoms with Crippen molar-refractivity contribution in [1.29, 1.82) is 0 Å². The quantitative estimate of drug-likeness (QED) is 0.302. The Labute approximate surface area is 207 Å². The Kier molecular flexibility index (Phi) is 5.62. The number of nitrogens with zero attached hydrogens (tertiary/aromatic N) is 4. The van der Waals surface area contributed by atoms with Gasteiger partial charge in [-0.1, -0.05) is 65.9 Å². The largest absolute Gasteiger partial charge is 0.295 e. The SMILES string of the molecule is Cc1nc(N2NC3=C(CCCc4ccccc43)[C@@H]2c2ccc(F)cc2)sc1N=Nc1ccccc1. The number of rotatable bonds is 4. The van der Waals surface area contributed by atoms with E-state index in [9.17, 15) is 4.39 Å². The van der Waals surface area contributed by atoms with Crippen molar-refractivity contribution in [2.24, 2.45) is 10.2 Å². The molecule has 0 saturated heterocycles. The van der Waals surface area contributed by atoms with Crippen LogP contribution in [0.3, 0.4) is 0 Å². The van der Waals surface area contributed by atoms with Crippen LogP contribution in [0, 0.1) is 12.7 Å². The highest BCUT2D eigenvalue weighted by Crippen LogP contribution is 2.47. The lowest BCUT2D eigenvalue weighted by Crippen LogP contribution is -2.34. The van der Waals surface area contributed by atoms with Gasteiger partial charge in [-0.15, -0.1) is 10.2 Å². The fourth-order valence-electron chi connectivity index (χ4n) is 4.82. The second-order valence-electron chi connectivity index (χ2n) is 8.77. The van der Waals surface area contributed by atoms with Crippen LogP contribution in [-0.2, 0) is 6.42 Å². The van der Waals surface area contributed by atoms with Crippen LogP contribution in [0.4, 0.5) is 20.2 Å². The van der Waals surface area contributed by atoms with Crippen LogP contribution >= 0.6 is 11.3 Å². The van der Waals surface area contributed by atoms with E-state index >= 15 is 0 Å². The molecule has 1 aromatic heterocycles. The average molecular weight is 482 g/mol. The number of fused-ring (bicyclic) bond motifs is 2. The minimum atomic E-state index is -0.236. The maximum Gasteiger partial charge on any atom is 0.207 e. The smallest absolute Gasteiger partial charge is 0.207 e. The number of nitrogens with one attached hydrogen (secondary N) is 1. The Morgan fingerprint density at radius 2 is 1.71 bits per heavy atom. The van der Waals surface area contributed by atoms with E-state index in [0.717, 1.165) is 52.0 Å². The molecule has 0 unspecified atom stereocenters. The number of hydrogen-bond donors (Lipinski definition) is 1. The first-order valence-corrected chi connectivity index (χ1v) is 12.6. The minimum absolute atomic E-state index is 0.0822. The molecule has 0 bridgehead atoms. The number of aryl methyl sites for hydroxylation is 2. The summed E-state index contributed by atoms with van der Waals surface area (Å²) in [7, 11) is 0. The summed E-state index contributed by atoms with van der Waals surface area (Å²) < 4.78 is 13.8. The molecular weight excluding hydrogens is 457 g/mol. The Morgan fingerprint density at radius 1 is 0.943 bits per heavy atom. The van der Waals surface area contributed by atoms with Gasteiger partial charge in [-0.25, -0.2) is 14.4 Å². The highest BCUT2D eigenvalue weighted by molar-refractivity contribution is 7.19. The van der Waals surface area contributed by atoms with Gasteiger partial charge >= 0.3 is 0 Å². The van der Waals surface area contributed by atoms with E-state index in [1.165, 1.54) is 40.2 Å². The molecule has 1 N–H and O–H groups in total. The first kappa shape index (κ1) is 21.7. The van der Waals surface area contributed by atoms with E-state index in [1.807, 2.05) is 49.4 Å². The lowest BCUT2D eigenvalue weighted by atomic mass is 9.94. The van der Waals surface area contributed by atoms with Crippen molar-refractivity contribution in [2.45, 2.75) is 32.2 Å². The van der Waals surface area contributed by atoms with E-state index in [4.69, 9.17) is 4.98 Å². The number of hydrazine groups is 1. The molecule has 0 saturated carbocycles. The average Bonchev–Trinajstić information content (AvgIpc) is 3.39. The monoisotopic (exact) mass is 481 g/mol. The molecule has 2 aliphatic rings. The van der Waals surface area contributed by atoms with Crippen LogP contribution in [0.1, 0.15) is 41.3 Å². The molecular formula is C28H24FN5S. The second kappa shape index (κ2) is 9.07. The standard InChI is InChI=1S/C28H24FN5S/c1-18-27(32-31-22-10-3-2-4-11-22)35-28(30-18)34-26(20-14-16-21(29)17-15-20)24-13-7-9-19-8-5-6-12-23(19)25(24)33-34/h2-6,8,10-12,14-17,26,33H,7,9,13H2,1H3/t26-/m0/s1. The summed E-state index contributed by atoms with van der Waals surface area (Å²) in [4.78, 5) is 4.86. The van der Waals surface area contributed by atoms with E-state index in [2.05, 4.69) is 44.9 Å². The molecule has 0 fully saturated rings. The lowest BCUT2D eigenvalue weighted by molar-refractivity contribution is 0.623. The summed E-state index contributed by atoms with van der Waals surface area (Å²) in [5.41, 5.74) is 11.3. The zero-order valence-electron chi connectivity index (χ0n) is 19.3. The van der Waals surface area contributed by atoms with E-state index in [-0.39, 0.29) is 11.9 Å². The molecule has 3 aromatic carbocycles. The number of hydrogen-bond acceptors (Lipinski definition) is 6. The van der Waals surface area contributed by atoms with Gasteiger partial charge in [0.2, 0.25) is 5.13 Å². The van der Waals surface area contributed by atoms with Crippen LogP contribution in [0.15, 0.2) is 94.7 Å². The first-order chi connectivity index (χ1) is 17.2. The first-order valence-electron chi connectivity index (χ1n) is 11.7. The number of anilines is 1. The van der Waals surface area contributed by atoms with Crippen molar-refractivity contribution in [3.63, 3.8) is 0 Å². The summed E-state index contributed by atoms with van der Waals surface area (Å²) in [5.74, 6) is -0.236. The van der Waals surface area contributed by atoms with E-state index in [0.29, 0.717) is 0 Å². The molecule has 6 rings (SSSR count). The summed E-state index contributed by atoms with van der Waals surface area (Å²) in [6, 6.07) is 25.0. The van der Waals surface area contributed by atoms with E-state index in [1.54, 1.807) is 0 Å². The normalized spacial score (nSPS) is 17.3. The van der Waals surface area contributed by atoms with Crippen LogP contribution in [-0.4, -0.2) is 4.98 Å². The predicted molar refractivity (Wildman–Crippen MR) is 139 cm³/mol. The van der Waals surface area contributed by atoms with Gasteiger partial charge in [0, 0.05) is 5.56 Å². The summed E-state index contributed by atoms with van der Waals surface area (Å²) in [5, 5.41) is 12.6. The number of azo groups is 1. The van der Waals surface area contributed by atoms with Gasteiger partial charge in [0.15, 0.2) is 5.00 Å². The van der Waals surface area contributed by atoms with Gasteiger partial charge in [-0.3, -0.25) is 5.43 Å². The molecule has 174 valence electrons. The third-order valence-electron chi connectivity index (χ3n) is 6.49. The van der Waals surface area contributed by atoms with Crippen molar-refractivity contribution in [3.8, 4) is 0 Å². The highest BCUT2D eigenvalue weighted by Gasteiger charge is 2.37. The van der Waals surface area contributed by atoms with Crippen LogP contribution in [0.25, 0.3) is 5.70 Å². The molecule has 0 amide bonds. The molecule has 7 heteroatoms. The zero-order valence-corrected chi connectivity index (χ0v) is 20.1. The number of aromatic nitrogens is 1. The molecule has 4 aromatic rings. The maximum atomic E-state index is 13.8. The topological polar surface area (TPSA) is 52.9 Å². The molecule has 1 atom stereocenters. The maximum absolute atomic E-state index is 13.8. The highest BCUT2D eigenvalue weighted by atomic mass is 32.1. The molecule has 1 aliphatic heterocycles. The van der Waals surface area contributed by atoms with Gasteiger partial charge < -0.3 is 0 Å². The van der Waals surface area contributed by atoms with Crippen LogP contribution in [0.2, 0.25) is 0 Å². The van der Waals surface area contributed by atoms with E-state index < -0.39 is 0 Å².